The molecular formula is C19H23NO2. The van der Waals surface area contributed by atoms with Crippen LogP contribution in [0.25, 0.3) is 10.8 Å². The minimum absolute atomic E-state index is 0.00517. The lowest BCUT2D eigenvalue weighted by Gasteiger charge is -2.23. The quantitative estimate of drug-likeness (QED) is 0.654. The summed E-state index contributed by atoms with van der Waals surface area (Å²) >= 11 is 0. The second kappa shape index (κ2) is 6.65. The van der Waals surface area contributed by atoms with Crippen molar-refractivity contribution in [3.63, 3.8) is 0 Å². The van der Waals surface area contributed by atoms with E-state index in [0.717, 1.165) is 5.69 Å². The Kier molecular flexibility index (Phi) is 4.86. The highest BCUT2D eigenvalue weighted by atomic mass is 16.5. The summed E-state index contributed by atoms with van der Waals surface area (Å²) in [6, 6.07) is 12.5. The lowest BCUT2D eigenvalue weighted by molar-refractivity contribution is -0.143. The highest BCUT2D eigenvalue weighted by Gasteiger charge is 2.18. The summed E-state index contributed by atoms with van der Waals surface area (Å²) in [7, 11) is 0. The van der Waals surface area contributed by atoms with Gasteiger partial charge in [0.15, 0.2) is 0 Å². The Labute approximate surface area is 132 Å². The zero-order valence-corrected chi connectivity index (χ0v) is 13.6. The highest BCUT2D eigenvalue weighted by molar-refractivity contribution is 5.96. The second-order valence-corrected chi connectivity index (χ2v) is 5.80. The van der Waals surface area contributed by atoms with E-state index in [4.69, 9.17) is 4.74 Å². The summed E-state index contributed by atoms with van der Waals surface area (Å²) in [5.74, 6) is -0.352. The molecule has 22 heavy (non-hydrogen) atoms. The van der Waals surface area contributed by atoms with E-state index >= 15 is 0 Å². The van der Waals surface area contributed by atoms with Crippen LogP contribution < -0.4 is 5.32 Å². The number of carbonyl (C=O) groups excluding carboxylic acids is 1. The number of benzene rings is 2. The molecule has 0 aliphatic rings. The van der Waals surface area contributed by atoms with Gasteiger partial charge < -0.3 is 10.1 Å². The third-order valence-electron chi connectivity index (χ3n) is 3.87. The van der Waals surface area contributed by atoms with E-state index in [2.05, 4.69) is 43.1 Å². The zero-order valence-electron chi connectivity index (χ0n) is 13.6. The summed E-state index contributed by atoms with van der Waals surface area (Å²) < 4.78 is 5.38. The maximum absolute atomic E-state index is 11.6. The number of anilines is 1. The fourth-order valence-corrected chi connectivity index (χ4v) is 2.31. The van der Waals surface area contributed by atoms with Gasteiger partial charge in [0.25, 0.3) is 0 Å². The molecule has 2 unspecified atom stereocenters. The van der Waals surface area contributed by atoms with Crippen molar-refractivity contribution in [2.24, 2.45) is 0 Å². The fourth-order valence-electron chi connectivity index (χ4n) is 2.31. The van der Waals surface area contributed by atoms with E-state index in [1.165, 1.54) is 16.3 Å². The van der Waals surface area contributed by atoms with Crippen molar-refractivity contribution < 1.29 is 9.53 Å². The SMILES string of the molecule is C=C(C)C(=O)OC(C)C(C)Nc1ccc(C)c2ccccc12. The van der Waals surface area contributed by atoms with E-state index in [0.29, 0.717) is 5.57 Å². The van der Waals surface area contributed by atoms with Gasteiger partial charge in [0, 0.05) is 16.6 Å². The average molecular weight is 297 g/mol. The number of rotatable bonds is 5. The molecule has 0 heterocycles. The smallest absolute Gasteiger partial charge is 0.333 e. The molecule has 0 radical (unpaired) electrons. The Bertz CT molecular complexity index is 706. The van der Waals surface area contributed by atoms with Gasteiger partial charge in [0.1, 0.15) is 6.10 Å². The number of nitrogens with one attached hydrogen (secondary N) is 1. The first-order valence-corrected chi connectivity index (χ1v) is 7.51. The standard InChI is InChI=1S/C19H23NO2/c1-12(2)19(21)22-15(5)14(4)20-18-11-10-13(3)16-8-6-7-9-17(16)18/h6-11,14-15,20H,1H2,2-5H3. The maximum Gasteiger partial charge on any atom is 0.333 e. The molecule has 0 saturated heterocycles. The molecule has 3 nitrogen and oxygen atoms in total. The Morgan fingerprint density at radius 3 is 2.41 bits per heavy atom. The van der Waals surface area contributed by atoms with Crippen LogP contribution in [0.5, 0.6) is 0 Å². The van der Waals surface area contributed by atoms with Crippen molar-refractivity contribution in [2.75, 3.05) is 5.32 Å². The molecule has 0 aliphatic heterocycles. The predicted molar refractivity (Wildman–Crippen MR) is 92.1 cm³/mol. The summed E-state index contributed by atoms with van der Waals surface area (Å²) in [5.41, 5.74) is 2.71. The van der Waals surface area contributed by atoms with Gasteiger partial charge in [-0.3, -0.25) is 0 Å². The lowest BCUT2D eigenvalue weighted by Crippen LogP contribution is -2.32. The molecule has 1 N–H and O–H groups in total. The number of ether oxygens (including phenoxy) is 1. The van der Waals surface area contributed by atoms with Gasteiger partial charge >= 0.3 is 5.97 Å². The van der Waals surface area contributed by atoms with Crippen LogP contribution in [0.2, 0.25) is 0 Å². The van der Waals surface area contributed by atoms with Gasteiger partial charge in [-0.05, 0) is 44.7 Å². The van der Waals surface area contributed by atoms with Crippen molar-refractivity contribution in [1.82, 2.24) is 0 Å². The molecule has 0 fully saturated rings. The number of carbonyl (C=O) groups is 1. The van der Waals surface area contributed by atoms with Crippen LogP contribution in [0.1, 0.15) is 26.3 Å². The summed E-state index contributed by atoms with van der Waals surface area (Å²) in [6.07, 6.45) is -0.246. The van der Waals surface area contributed by atoms with Crippen molar-refractivity contribution in [2.45, 2.75) is 39.8 Å². The van der Waals surface area contributed by atoms with Gasteiger partial charge in [-0.15, -0.1) is 0 Å². The van der Waals surface area contributed by atoms with E-state index in [-0.39, 0.29) is 18.1 Å². The van der Waals surface area contributed by atoms with Crippen LogP contribution in [0.15, 0.2) is 48.6 Å². The van der Waals surface area contributed by atoms with Crippen LogP contribution in [0.3, 0.4) is 0 Å². The molecule has 2 aromatic rings. The van der Waals surface area contributed by atoms with Gasteiger partial charge in [-0.1, -0.05) is 36.9 Å². The van der Waals surface area contributed by atoms with Crippen molar-refractivity contribution in [3.8, 4) is 0 Å². The number of hydrogen-bond donors (Lipinski definition) is 1. The van der Waals surface area contributed by atoms with Crippen LogP contribution in [0, 0.1) is 6.92 Å². The lowest BCUT2D eigenvalue weighted by atomic mass is 10.0. The van der Waals surface area contributed by atoms with E-state index in [1.807, 2.05) is 26.0 Å². The minimum Gasteiger partial charge on any atom is -0.457 e. The number of esters is 1. The molecule has 116 valence electrons. The maximum atomic E-state index is 11.6. The van der Waals surface area contributed by atoms with Gasteiger partial charge in [-0.25, -0.2) is 4.79 Å². The molecular weight excluding hydrogens is 274 g/mol. The topological polar surface area (TPSA) is 38.3 Å². The van der Waals surface area contributed by atoms with E-state index in [1.54, 1.807) is 6.92 Å². The molecule has 0 amide bonds. The molecule has 0 aromatic heterocycles. The highest BCUT2D eigenvalue weighted by Crippen LogP contribution is 2.27. The molecule has 2 rings (SSSR count). The molecule has 2 aromatic carbocycles. The van der Waals surface area contributed by atoms with E-state index in [9.17, 15) is 4.79 Å². The average Bonchev–Trinajstić information content (AvgIpc) is 2.50. The summed E-state index contributed by atoms with van der Waals surface area (Å²) in [6.45, 7) is 11.3. The third-order valence-corrected chi connectivity index (χ3v) is 3.87. The van der Waals surface area contributed by atoms with E-state index < -0.39 is 0 Å². The van der Waals surface area contributed by atoms with Crippen molar-refractivity contribution in [1.29, 1.82) is 0 Å². The Hall–Kier alpha value is -2.29. The van der Waals surface area contributed by atoms with Crippen LogP contribution >= 0.6 is 0 Å². The zero-order chi connectivity index (χ0) is 16.3. The Morgan fingerprint density at radius 1 is 1.14 bits per heavy atom. The first kappa shape index (κ1) is 16.1. The fraction of sp³-hybridized carbons (Fsp3) is 0.316. The second-order valence-electron chi connectivity index (χ2n) is 5.80. The van der Waals surface area contributed by atoms with Crippen molar-refractivity contribution >= 4 is 22.4 Å². The molecule has 2 atom stereocenters. The largest absolute Gasteiger partial charge is 0.457 e. The number of fused-ring (bicyclic) bond motifs is 1. The Morgan fingerprint density at radius 2 is 1.77 bits per heavy atom. The molecule has 0 aliphatic carbocycles. The predicted octanol–water partition coefficient (Wildman–Crippen LogP) is 4.46. The molecule has 0 spiro atoms. The number of hydrogen-bond acceptors (Lipinski definition) is 3. The minimum atomic E-state index is -0.352. The molecule has 3 heteroatoms. The van der Waals surface area contributed by atoms with Crippen LogP contribution in [-0.2, 0) is 9.53 Å². The summed E-state index contributed by atoms with van der Waals surface area (Å²) in [4.78, 5) is 11.6. The number of aryl methyl sites for hydroxylation is 1. The van der Waals surface area contributed by atoms with Crippen LogP contribution in [0.4, 0.5) is 5.69 Å². The normalized spacial score (nSPS) is 13.5. The van der Waals surface area contributed by atoms with Gasteiger partial charge in [-0.2, -0.15) is 0 Å². The van der Waals surface area contributed by atoms with Gasteiger partial charge in [0.2, 0.25) is 0 Å². The molecule has 0 bridgehead atoms. The first-order valence-electron chi connectivity index (χ1n) is 7.51. The monoisotopic (exact) mass is 297 g/mol. The Balaban J connectivity index is 2.18. The first-order chi connectivity index (χ1) is 10.4. The van der Waals surface area contributed by atoms with Crippen LogP contribution in [-0.4, -0.2) is 18.1 Å². The summed E-state index contributed by atoms with van der Waals surface area (Å²) in [5, 5.41) is 5.85. The van der Waals surface area contributed by atoms with Gasteiger partial charge in [0.05, 0.1) is 6.04 Å². The third kappa shape index (κ3) is 3.48. The molecule has 0 saturated carbocycles. The van der Waals surface area contributed by atoms with Crippen molar-refractivity contribution in [3.05, 3.63) is 54.1 Å².